The van der Waals surface area contributed by atoms with Crippen molar-refractivity contribution in [3.63, 3.8) is 0 Å². The zero-order chi connectivity index (χ0) is 28.4. The number of carbonyl (C=O) groups is 1. The highest BCUT2D eigenvalue weighted by atomic mass is 19.1. The number of carbonyl (C=O) groups excluding carboxylic acids is 1. The summed E-state index contributed by atoms with van der Waals surface area (Å²) in [4.78, 5) is 21.6. The first-order valence-electron chi connectivity index (χ1n) is 16.4. The Kier molecular flexibility index (Phi) is 15.3. The Balaban J connectivity index is 1.37. The first-order valence-corrected chi connectivity index (χ1v) is 16.4. The summed E-state index contributed by atoms with van der Waals surface area (Å²) in [7, 11) is 0. The fourth-order valence-corrected chi connectivity index (χ4v) is 5.88. The largest absolute Gasteiger partial charge is 0.459 e. The Labute approximate surface area is 242 Å². The number of aromatic nitrogens is 2. The molecule has 0 radical (unpaired) electrons. The molecule has 1 aromatic carbocycles. The summed E-state index contributed by atoms with van der Waals surface area (Å²) in [6, 6.07) is 4.57. The maximum Gasteiger partial charge on any atom is 0.341 e. The molecule has 0 aliphatic heterocycles. The summed E-state index contributed by atoms with van der Waals surface area (Å²) in [5.74, 6) is 0.0707. The van der Waals surface area contributed by atoms with E-state index >= 15 is 0 Å². The number of esters is 1. The molecule has 1 aromatic heterocycles. The Hall–Kier alpha value is -2.30. The molecule has 1 aliphatic carbocycles. The van der Waals surface area contributed by atoms with Gasteiger partial charge in [0.15, 0.2) is 5.82 Å². The topological polar surface area (TPSA) is 52.1 Å². The number of hydrogen-bond donors (Lipinski definition) is 0. The molecule has 1 saturated carbocycles. The summed E-state index contributed by atoms with van der Waals surface area (Å²) in [5, 5.41) is 0. The molecule has 5 heteroatoms. The van der Waals surface area contributed by atoms with Crippen LogP contribution in [0.2, 0.25) is 0 Å². The highest BCUT2D eigenvalue weighted by Gasteiger charge is 2.25. The van der Waals surface area contributed by atoms with Gasteiger partial charge in [-0.05, 0) is 62.1 Å². The molecule has 222 valence electrons. The number of aryl methyl sites for hydroxylation is 1. The highest BCUT2D eigenvalue weighted by molar-refractivity contribution is 5.90. The van der Waals surface area contributed by atoms with Gasteiger partial charge in [-0.25, -0.2) is 19.2 Å². The van der Waals surface area contributed by atoms with Gasteiger partial charge < -0.3 is 4.74 Å². The Morgan fingerprint density at radius 2 is 1.38 bits per heavy atom. The maximum absolute atomic E-state index is 14.9. The molecule has 0 saturated heterocycles. The van der Waals surface area contributed by atoms with E-state index < -0.39 is 11.8 Å². The second-order valence-electron chi connectivity index (χ2n) is 11.9. The second kappa shape index (κ2) is 18.9. The minimum atomic E-state index is -0.578. The van der Waals surface area contributed by atoms with Gasteiger partial charge in [-0.1, -0.05) is 110 Å². The minimum absolute atomic E-state index is 0.00972. The Morgan fingerprint density at radius 1 is 0.800 bits per heavy atom. The third-order valence-corrected chi connectivity index (χ3v) is 8.50. The number of nitrogens with zero attached hydrogens (tertiary/aromatic N) is 2. The predicted molar refractivity (Wildman–Crippen MR) is 163 cm³/mol. The quantitative estimate of drug-likeness (QED) is 0.128. The molecule has 0 unspecified atom stereocenters. The van der Waals surface area contributed by atoms with Gasteiger partial charge >= 0.3 is 5.97 Å². The van der Waals surface area contributed by atoms with E-state index in [4.69, 9.17) is 4.74 Å². The van der Waals surface area contributed by atoms with Crippen molar-refractivity contribution in [2.45, 2.75) is 148 Å². The first-order chi connectivity index (χ1) is 19.6. The minimum Gasteiger partial charge on any atom is -0.459 e. The Morgan fingerprint density at radius 3 is 1.98 bits per heavy atom. The van der Waals surface area contributed by atoms with Crippen LogP contribution in [0, 0.1) is 11.7 Å². The van der Waals surface area contributed by atoms with Crippen LogP contribution in [0.25, 0.3) is 11.4 Å². The molecule has 1 fully saturated rings. The zero-order valence-electron chi connectivity index (χ0n) is 25.3. The predicted octanol–water partition coefficient (Wildman–Crippen LogP) is 10.4. The fourth-order valence-electron chi connectivity index (χ4n) is 5.88. The molecule has 4 nitrogen and oxygen atoms in total. The van der Waals surface area contributed by atoms with E-state index in [-0.39, 0.29) is 11.7 Å². The molecule has 0 N–H and O–H groups in total. The van der Waals surface area contributed by atoms with E-state index in [2.05, 4.69) is 23.8 Å². The van der Waals surface area contributed by atoms with Crippen molar-refractivity contribution in [1.29, 1.82) is 0 Å². The molecule has 3 rings (SSSR count). The van der Waals surface area contributed by atoms with E-state index in [1.54, 1.807) is 6.07 Å². The average Bonchev–Trinajstić information content (AvgIpc) is 2.97. The van der Waals surface area contributed by atoms with Crippen LogP contribution in [0.1, 0.15) is 152 Å². The molecule has 0 bridgehead atoms. The zero-order valence-corrected chi connectivity index (χ0v) is 25.3. The van der Waals surface area contributed by atoms with Crippen molar-refractivity contribution in [2.24, 2.45) is 5.92 Å². The molecule has 0 spiro atoms. The maximum atomic E-state index is 14.9. The Bertz CT molecular complexity index is 970. The van der Waals surface area contributed by atoms with Crippen molar-refractivity contribution in [3.8, 4) is 11.4 Å². The van der Waals surface area contributed by atoms with Crippen molar-refractivity contribution in [1.82, 2.24) is 9.97 Å². The van der Waals surface area contributed by atoms with Crippen molar-refractivity contribution in [3.05, 3.63) is 47.5 Å². The van der Waals surface area contributed by atoms with Gasteiger partial charge in [0.25, 0.3) is 0 Å². The van der Waals surface area contributed by atoms with Crippen molar-refractivity contribution in [2.75, 3.05) is 0 Å². The molecule has 0 amide bonds. The summed E-state index contributed by atoms with van der Waals surface area (Å²) in [6.07, 6.45) is 28.1. The van der Waals surface area contributed by atoms with Crippen LogP contribution in [0.4, 0.5) is 4.39 Å². The second-order valence-corrected chi connectivity index (χ2v) is 11.9. The van der Waals surface area contributed by atoms with Gasteiger partial charge in [-0.15, -0.1) is 0 Å². The van der Waals surface area contributed by atoms with E-state index in [1.807, 2.05) is 12.4 Å². The lowest BCUT2D eigenvalue weighted by atomic mass is 9.84. The normalized spacial score (nSPS) is 17.2. The molecule has 1 heterocycles. The fraction of sp³-hybridized carbons (Fsp3) is 0.686. The van der Waals surface area contributed by atoms with Gasteiger partial charge in [0, 0.05) is 18.0 Å². The monoisotopic (exact) mass is 552 g/mol. The third-order valence-electron chi connectivity index (χ3n) is 8.50. The smallest absolute Gasteiger partial charge is 0.341 e. The summed E-state index contributed by atoms with van der Waals surface area (Å²) in [6.45, 7) is 4.50. The SMILES string of the molecule is CCCCCCCCCc1cnc(-c2ccc(C(=O)O[C@H]3CC[C@H](CCCCCCCCC)CC3)c(F)c2)nc1. The lowest BCUT2D eigenvalue weighted by Crippen LogP contribution is -2.25. The van der Waals surface area contributed by atoms with Crippen LogP contribution in [-0.2, 0) is 11.2 Å². The molecule has 0 atom stereocenters. The van der Waals surface area contributed by atoms with E-state index in [9.17, 15) is 9.18 Å². The van der Waals surface area contributed by atoms with Crippen LogP contribution in [0.15, 0.2) is 30.6 Å². The summed E-state index contributed by atoms with van der Waals surface area (Å²) in [5.41, 5.74) is 1.67. The third kappa shape index (κ3) is 11.7. The average molecular weight is 553 g/mol. The van der Waals surface area contributed by atoms with Crippen LogP contribution in [0.3, 0.4) is 0 Å². The number of ether oxygens (including phenoxy) is 1. The van der Waals surface area contributed by atoms with Crippen LogP contribution >= 0.6 is 0 Å². The highest BCUT2D eigenvalue weighted by Crippen LogP contribution is 2.31. The van der Waals surface area contributed by atoms with Crippen LogP contribution in [-0.4, -0.2) is 22.0 Å². The molecule has 1 aliphatic rings. The standard InChI is InChI=1S/C35H53FN2O2/c1-3-5-7-9-11-13-15-17-28-19-22-31(23-20-28)40-35(39)32-24-21-30(25-33(32)36)34-37-26-29(27-38-34)18-16-14-12-10-8-6-4-2/h21,24-28,31H,3-20,22-23H2,1-2H3/t28-,31-. The summed E-state index contributed by atoms with van der Waals surface area (Å²) < 4.78 is 20.6. The van der Waals surface area contributed by atoms with Gasteiger partial charge in [0.2, 0.25) is 0 Å². The number of benzene rings is 1. The molecular formula is C35H53FN2O2. The van der Waals surface area contributed by atoms with E-state index in [1.165, 1.54) is 102 Å². The lowest BCUT2D eigenvalue weighted by molar-refractivity contribution is 0.0156. The van der Waals surface area contributed by atoms with E-state index in [0.29, 0.717) is 11.4 Å². The van der Waals surface area contributed by atoms with Crippen LogP contribution < -0.4 is 0 Å². The number of rotatable bonds is 19. The van der Waals surface area contributed by atoms with Gasteiger partial charge in [-0.2, -0.15) is 0 Å². The van der Waals surface area contributed by atoms with Gasteiger partial charge in [-0.3, -0.25) is 0 Å². The van der Waals surface area contributed by atoms with Gasteiger partial charge in [0.05, 0.1) is 5.56 Å². The first kappa shape index (κ1) is 32.2. The molecule has 2 aromatic rings. The summed E-state index contributed by atoms with van der Waals surface area (Å²) >= 11 is 0. The van der Waals surface area contributed by atoms with Gasteiger partial charge in [0.1, 0.15) is 11.9 Å². The van der Waals surface area contributed by atoms with Crippen molar-refractivity contribution >= 4 is 5.97 Å². The molecular weight excluding hydrogens is 499 g/mol. The van der Waals surface area contributed by atoms with Crippen molar-refractivity contribution < 1.29 is 13.9 Å². The number of hydrogen-bond acceptors (Lipinski definition) is 4. The van der Waals surface area contributed by atoms with E-state index in [0.717, 1.165) is 50.0 Å². The number of halogens is 1. The molecule has 40 heavy (non-hydrogen) atoms. The lowest BCUT2D eigenvalue weighted by Gasteiger charge is -2.28. The van der Waals surface area contributed by atoms with Crippen LogP contribution in [0.5, 0.6) is 0 Å². The number of unbranched alkanes of at least 4 members (excludes halogenated alkanes) is 12.